The summed E-state index contributed by atoms with van der Waals surface area (Å²) < 4.78 is 33.1. The molecule has 4 rings (SSSR count). The van der Waals surface area contributed by atoms with Gasteiger partial charge in [-0.1, -0.05) is 18.2 Å². The molecule has 0 saturated carbocycles. The van der Waals surface area contributed by atoms with E-state index in [-0.39, 0.29) is 4.90 Å². The van der Waals surface area contributed by atoms with Crippen molar-refractivity contribution in [2.24, 2.45) is 0 Å². The van der Waals surface area contributed by atoms with Gasteiger partial charge in [-0.3, -0.25) is 9.71 Å². The van der Waals surface area contributed by atoms with E-state index in [1.807, 2.05) is 0 Å². The monoisotopic (exact) mass is 351 g/mol. The van der Waals surface area contributed by atoms with Gasteiger partial charge < -0.3 is 4.42 Å². The molecule has 4 aromatic rings. The molecule has 0 saturated heterocycles. The number of oxazole rings is 1. The van der Waals surface area contributed by atoms with Crippen LogP contribution >= 0.6 is 0 Å². The average molecular weight is 351 g/mol. The highest BCUT2D eigenvalue weighted by molar-refractivity contribution is 7.92. The van der Waals surface area contributed by atoms with Gasteiger partial charge in [0.2, 0.25) is 5.89 Å². The molecule has 0 atom stereocenters. The fourth-order valence-corrected chi connectivity index (χ4v) is 3.49. The van der Waals surface area contributed by atoms with Gasteiger partial charge in [0.1, 0.15) is 5.52 Å². The maximum absolute atomic E-state index is 12.4. The second-order valence-corrected chi connectivity index (χ2v) is 7.04. The third kappa shape index (κ3) is 3.09. The van der Waals surface area contributed by atoms with Gasteiger partial charge in [0, 0.05) is 18.0 Å². The van der Waals surface area contributed by atoms with E-state index in [2.05, 4.69) is 14.7 Å². The second-order valence-electron chi connectivity index (χ2n) is 5.36. The number of benzene rings is 2. The molecule has 0 aliphatic heterocycles. The Hall–Kier alpha value is -3.19. The van der Waals surface area contributed by atoms with Crippen LogP contribution in [-0.4, -0.2) is 18.4 Å². The molecule has 6 nitrogen and oxygen atoms in total. The molecule has 1 N–H and O–H groups in total. The number of sulfonamides is 1. The normalized spacial score (nSPS) is 11.5. The molecule has 0 unspecified atom stereocenters. The van der Waals surface area contributed by atoms with E-state index < -0.39 is 10.0 Å². The highest BCUT2D eigenvalue weighted by Gasteiger charge is 2.15. The second kappa shape index (κ2) is 6.03. The summed E-state index contributed by atoms with van der Waals surface area (Å²) in [4.78, 5) is 8.58. The van der Waals surface area contributed by atoms with Gasteiger partial charge in [-0.25, -0.2) is 13.4 Å². The van der Waals surface area contributed by atoms with Crippen LogP contribution in [0.4, 0.5) is 5.69 Å². The maximum Gasteiger partial charge on any atom is 0.261 e. The highest BCUT2D eigenvalue weighted by atomic mass is 32.2. The van der Waals surface area contributed by atoms with E-state index in [9.17, 15) is 8.42 Å². The molecule has 7 heteroatoms. The van der Waals surface area contributed by atoms with Gasteiger partial charge in [0.25, 0.3) is 10.0 Å². The highest BCUT2D eigenvalue weighted by Crippen LogP contribution is 2.26. The lowest BCUT2D eigenvalue weighted by molar-refractivity contribution is 0.601. The van der Waals surface area contributed by atoms with Crippen LogP contribution in [0.1, 0.15) is 0 Å². The van der Waals surface area contributed by atoms with Crippen molar-refractivity contribution in [1.82, 2.24) is 9.97 Å². The maximum atomic E-state index is 12.4. The van der Waals surface area contributed by atoms with E-state index in [0.29, 0.717) is 22.7 Å². The molecular formula is C18H13N3O3S. The first-order chi connectivity index (χ1) is 12.1. The first-order valence-electron chi connectivity index (χ1n) is 7.51. The van der Waals surface area contributed by atoms with Crippen molar-refractivity contribution >= 4 is 26.8 Å². The predicted octanol–water partition coefficient (Wildman–Crippen LogP) is 3.69. The van der Waals surface area contributed by atoms with Gasteiger partial charge in [0.15, 0.2) is 5.58 Å². The molecule has 124 valence electrons. The average Bonchev–Trinajstić information content (AvgIpc) is 3.06. The Morgan fingerprint density at radius 2 is 1.68 bits per heavy atom. The van der Waals surface area contributed by atoms with Crippen molar-refractivity contribution in [3.8, 4) is 11.5 Å². The van der Waals surface area contributed by atoms with Crippen molar-refractivity contribution in [3.63, 3.8) is 0 Å². The Balaban J connectivity index is 1.68. The Labute approximate surface area is 144 Å². The lowest BCUT2D eigenvalue weighted by atomic mass is 10.3. The smallest absolute Gasteiger partial charge is 0.261 e. The fraction of sp³-hybridized carbons (Fsp3) is 0. The number of rotatable bonds is 4. The first-order valence-corrected chi connectivity index (χ1v) is 8.99. The summed E-state index contributed by atoms with van der Waals surface area (Å²) in [6, 6.07) is 16.8. The van der Waals surface area contributed by atoms with Crippen molar-refractivity contribution in [1.29, 1.82) is 0 Å². The Morgan fingerprint density at radius 3 is 2.44 bits per heavy atom. The molecule has 0 radical (unpaired) electrons. The summed E-state index contributed by atoms with van der Waals surface area (Å²) in [5, 5.41) is 0. The summed E-state index contributed by atoms with van der Waals surface area (Å²) in [6.07, 6.45) is 3.31. The minimum absolute atomic E-state index is 0.202. The molecule has 0 spiro atoms. The number of hydrogen-bond acceptors (Lipinski definition) is 5. The predicted molar refractivity (Wildman–Crippen MR) is 94.5 cm³/mol. The number of hydrogen-bond donors (Lipinski definition) is 1. The van der Waals surface area contributed by atoms with E-state index in [1.165, 1.54) is 0 Å². The minimum atomic E-state index is -3.64. The molecule has 0 aliphatic rings. The summed E-state index contributed by atoms with van der Waals surface area (Å²) in [5.41, 5.74) is 2.37. The SMILES string of the molecule is O=S(=O)(Nc1ccc2oc(-c3ccncc3)nc2c1)c1ccccc1. The number of anilines is 1. The van der Waals surface area contributed by atoms with Crippen LogP contribution in [0, 0.1) is 0 Å². The minimum Gasteiger partial charge on any atom is -0.436 e. The molecule has 2 heterocycles. The van der Waals surface area contributed by atoms with Crippen molar-refractivity contribution in [2.45, 2.75) is 4.90 Å². The van der Waals surface area contributed by atoms with E-state index >= 15 is 0 Å². The molecule has 0 bridgehead atoms. The zero-order chi connectivity index (χ0) is 17.3. The zero-order valence-corrected chi connectivity index (χ0v) is 13.8. The standard InChI is InChI=1S/C18H13N3O3S/c22-25(23,15-4-2-1-3-5-15)21-14-6-7-17-16(12-14)20-18(24-17)13-8-10-19-11-9-13/h1-12,21H. The number of aromatic nitrogens is 2. The largest absolute Gasteiger partial charge is 0.436 e. The number of fused-ring (bicyclic) bond motifs is 1. The molecule has 0 amide bonds. The van der Waals surface area contributed by atoms with E-state index in [0.717, 1.165) is 5.56 Å². The van der Waals surface area contributed by atoms with Crippen molar-refractivity contribution in [2.75, 3.05) is 4.72 Å². The van der Waals surface area contributed by atoms with Crippen LogP contribution in [0.2, 0.25) is 0 Å². The lowest BCUT2D eigenvalue weighted by Gasteiger charge is -2.07. The first kappa shape index (κ1) is 15.3. The summed E-state index contributed by atoms with van der Waals surface area (Å²) in [5.74, 6) is 0.459. The van der Waals surface area contributed by atoms with Gasteiger partial charge in [0.05, 0.1) is 10.6 Å². The van der Waals surface area contributed by atoms with E-state index in [4.69, 9.17) is 4.42 Å². The van der Waals surface area contributed by atoms with Crippen LogP contribution in [0.5, 0.6) is 0 Å². The zero-order valence-electron chi connectivity index (χ0n) is 13.0. The molecular weight excluding hydrogens is 338 g/mol. The van der Waals surface area contributed by atoms with Gasteiger partial charge in [-0.05, 0) is 42.5 Å². The fourth-order valence-electron chi connectivity index (χ4n) is 2.42. The van der Waals surface area contributed by atoms with Crippen LogP contribution < -0.4 is 4.72 Å². The third-order valence-electron chi connectivity index (χ3n) is 3.62. The summed E-state index contributed by atoms with van der Waals surface area (Å²) in [6.45, 7) is 0. The quantitative estimate of drug-likeness (QED) is 0.606. The van der Waals surface area contributed by atoms with Crippen molar-refractivity contribution < 1.29 is 12.8 Å². The van der Waals surface area contributed by atoms with Crippen LogP contribution in [0.25, 0.3) is 22.6 Å². The van der Waals surface area contributed by atoms with Crippen LogP contribution in [-0.2, 0) is 10.0 Å². The summed E-state index contributed by atoms with van der Waals surface area (Å²) >= 11 is 0. The number of nitrogens with one attached hydrogen (secondary N) is 1. The Kier molecular flexibility index (Phi) is 3.70. The third-order valence-corrected chi connectivity index (χ3v) is 5.02. The van der Waals surface area contributed by atoms with Crippen LogP contribution in [0.3, 0.4) is 0 Å². The molecule has 25 heavy (non-hydrogen) atoms. The van der Waals surface area contributed by atoms with Gasteiger partial charge in [-0.15, -0.1) is 0 Å². The van der Waals surface area contributed by atoms with Gasteiger partial charge >= 0.3 is 0 Å². The van der Waals surface area contributed by atoms with E-state index in [1.54, 1.807) is 73.1 Å². The topological polar surface area (TPSA) is 85.1 Å². The molecule has 0 fully saturated rings. The summed E-state index contributed by atoms with van der Waals surface area (Å²) in [7, 11) is -3.64. The Bertz CT molecular complexity index is 1120. The van der Waals surface area contributed by atoms with Gasteiger partial charge in [-0.2, -0.15) is 0 Å². The van der Waals surface area contributed by atoms with Crippen molar-refractivity contribution in [3.05, 3.63) is 73.1 Å². The molecule has 2 aromatic carbocycles. The molecule has 2 aromatic heterocycles. The number of pyridine rings is 1. The Morgan fingerprint density at radius 1 is 0.920 bits per heavy atom. The van der Waals surface area contributed by atoms with Crippen LogP contribution in [0.15, 0.2) is 82.4 Å². The number of nitrogens with zero attached hydrogens (tertiary/aromatic N) is 2. The lowest BCUT2D eigenvalue weighted by Crippen LogP contribution is -2.12. The molecule has 0 aliphatic carbocycles.